The quantitative estimate of drug-likeness (QED) is 0.529. The molecular formula is C28H16O2. The molecule has 140 valence electrons. The van der Waals surface area contributed by atoms with Crippen LogP contribution in [0.3, 0.4) is 0 Å². The number of carbonyl (C=O) groups is 2. The molecule has 0 saturated carbocycles. The number of ketones is 2. The molecule has 0 atom stereocenters. The number of fused-ring (bicyclic) bond motifs is 2. The smallest absolute Gasteiger partial charge is 0.195 e. The highest BCUT2D eigenvalue weighted by atomic mass is 16.1. The van der Waals surface area contributed by atoms with Crippen molar-refractivity contribution in [2.45, 2.75) is 0 Å². The molecule has 2 heteroatoms. The Balaban J connectivity index is 1.60. The monoisotopic (exact) mass is 384 g/mol. The lowest BCUT2D eigenvalue weighted by molar-refractivity contribution is 0.0978. The number of allylic oxidation sites excluding steroid dienone is 8. The highest BCUT2D eigenvalue weighted by Crippen LogP contribution is 2.31. The summed E-state index contributed by atoms with van der Waals surface area (Å²) in [7, 11) is 0. The molecule has 3 aliphatic carbocycles. The second-order valence-electron chi connectivity index (χ2n) is 7.24. The van der Waals surface area contributed by atoms with Crippen molar-refractivity contribution in [3.8, 4) is 23.7 Å². The minimum Gasteiger partial charge on any atom is -0.289 e. The fourth-order valence-electron chi connectivity index (χ4n) is 3.83. The normalized spacial score (nSPS) is 16.1. The van der Waals surface area contributed by atoms with Gasteiger partial charge in [-0.15, -0.1) is 0 Å². The number of rotatable bonds is 0. The summed E-state index contributed by atoms with van der Waals surface area (Å²) in [6.45, 7) is 0. The van der Waals surface area contributed by atoms with Gasteiger partial charge in [0, 0.05) is 33.4 Å². The van der Waals surface area contributed by atoms with Gasteiger partial charge in [-0.05, 0) is 12.1 Å². The van der Waals surface area contributed by atoms with Crippen molar-refractivity contribution in [3.63, 3.8) is 0 Å². The minimum absolute atomic E-state index is 0.0306. The van der Waals surface area contributed by atoms with Gasteiger partial charge >= 0.3 is 0 Å². The summed E-state index contributed by atoms with van der Waals surface area (Å²) in [5.41, 5.74) is 2.74. The minimum atomic E-state index is -0.175. The van der Waals surface area contributed by atoms with E-state index in [0.717, 1.165) is 0 Å². The predicted octanol–water partition coefficient (Wildman–Crippen LogP) is 4.65. The molecule has 0 heterocycles. The van der Waals surface area contributed by atoms with Crippen molar-refractivity contribution in [2.24, 2.45) is 11.8 Å². The van der Waals surface area contributed by atoms with E-state index in [0.29, 0.717) is 33.4 Å². The topological polar surface area (TPSA) is 34.1 Å². The third kappa shape index (κ3) is 3.06. The first kappa shape index (κ1) is 17.9. The maximum absolute atomic E-state index is 13.4. The fraction of sp³-hybridized carbons (Fsp3) is 0.0714. The van der Waals surface area contributed by atoms with Gasteiger partial charge in [-0.1, -0.05) is 96.6 Å². The molecule has 0 unspecified atom stereocenters. The highest BCUT2D eigenvalue weighted by Gasteiger charge is 2.32. The SMILES string of the molecule is O=C1c2cccc(C#CC3C=CC=C3)c2C(=O)c2cccc(C#CC3C=CC=C3)c21. The summed E-state index contributed by atoms with van der Waals surface area (Å²) in [6, 6.07) is 10.6. The van der Waals surface area contributed by atoms with Crippen LogP contribution >= 0.6 is 0 Å². The first-order valence-corrected chi connectivity index (χ1v) is 9.81. The van der Waals surface area contributed by atoms with Gasteiger partial charge in [-0.25, -0.2) is 0 Å². The van der Waals surface area contributed by atoms with Crippen LogP contribution in [-0.4, -0.2) is 11.6 Å². The molecule has 2 aromatic rings. The third-order valence-electron chi connectivity index (χ3n) is 5.32. The molecule has 0 fully saturated rings. The average Bonchev–Trinajstić information content (AvgIpc) is 3.48. The molecule has 0 saturated heterocycles. The van der Waals surface area contributed by atoms with Gasteiger partial charge in [0.15, 0.2) is 11.6 Å². The zero-order valence-corrected chi connectivity index (χ0v) is 16.1. The van der Waals surface area contributed by atoms with Crippen LogP contribution in [0.15, 0.2) is 85.0 Å². The number of hydrogen-bond donors (Lipinski definition) is 0. The molecule has 2 nitrogen and oxygen atoms in total. The van der Waals surface area contributed by atoms with E-state index in [9.17, 15) is 9.59 Å². The average molecular weight is 384 g/mol. The van der Waals surface area contributed by atoms with Crippen molar-refractivity contribution in [1.29, 1.82) is 0 Å². The molecular weight excluding hydrogens is 368 g/mol. The Hall–Kier alpha value is -4.14. The van der Waals surface area contributed by atoms with Gasteiger partial charge in [-0.3, -0.25) is 9.59 Å². The standard InChI is InChI=1S/C28H16O2/c29-27-24-14-6-12-22(18-16-20-9-3-4-10-20)26(24)28(30)23-13-5-11-21(25(23)27)17-15-19-7-1-2-8-19/h1-14,19-20H. The summed E-state index contributed by atoms with van der Waals surface area (Å²) < 4.78 is 0. The van der Waals surface area contributed by atoms with E-state index in [1.54, 1.807) is 36.4 Å². The lowest BCUT2D eigenvalue weighted by Crippen LogP contribution is -2.23. The maximum Gasteiger partial charge on any atom is 0.195 e. The van der Waals surface area contributed by atoms with Crippen LogP contribution in [0, 0.1) is 35.5 Å². The molecule has 0 bridgehead atoms. The molecule has 2 aromatic carbocycles. The van der Waals surface area contributed by atoms with E-state index in [-0.39, 0.29) is 23.4 Å². The zero-order valence-electron chi connectivity index (χ0n) is 16.1. The Morgan fingerprint density at radius 1 is 0.567 bits per heavy atom. The summed E-state index contributed by atoms with van der Waals surface area (Å²) in [6.07, 6.45) is 15.8. The Bertz CT molecular complexity index is 1210. The van der Waals surface area contributed by atoms with Crippen molar-refractivity contribution < 1.29 is 9.59 Å². The molecule has 5 rings (SSSR count). The van der Waals surface area contributed by atoms with Crippen molar-refractivity contribution in [3.05, 3.63) is 118 Å². The van der Waals surface area contributed by atoms with Gasteiger partial charge in [0.25, 0.3) is 0 Å². The second-order valence-corrected chi connectivity index (χ2v) is 7.24. The molecule has 0 spiro atoms. The first-order valence-electron chi connectivity index (χ1n) is 9.81. The van der Waals surface area contributed by atoms with Crippen LogP contribution in [0.4, 0.5) is 0 Å². The van der Waals surface area contributed by atoms with E-state index in [2.05, 4.69) is 23.7 Å². The Morgan fingerprint density at radius 3 is 1.37 bits per heavy atom. The second kappa shape index (κ2) is 7.36. The van der Waals surface area contributed by atoms with E-state index >= 15 is 0 Å². The van der Waals surface area contributed by atoms with Crippen LogP contribution < -0.4 is 0 Å². The number of benzene rings is 2. The van der Waals surface area contributed by atoms with E-state index < -0.39 is 0 Å². The van der Waals surface area contributed by atoms with Gasteiger partial charge < -0.3 is 0 Å². The van der Waals surface area contributed by atoms with E-state index in [1.807, 2.05) is 48.6 Å². The Kier molecular flexibility index (Phi) is 4.40. The van der Waals surface area contributed by atoms with Crippen LogP contribution in [-0.2, 0) is 0 Å². The molecule has 0 aliphatic heterocycles. The number of carbonyl (C=O) groups excluding carboxylic acids is 2. The van der Waals surface area contributed by atoms with Gasteiger partial charge in [-0.2, -0.15) is 0 Å². The summed E-state index contributed by atoms with van der Waals surface area (Å²) in [5, 5.41) is 0. The molecule has 0 amide bonds. The maximum atomic E-state index is 13.4. The summed E-state index contributed by atoms with van der Waals surface area (Å²) >= 11 is 0. The first-order chi connectivity index (χ1) is 14.7. The van der Waals surface area contributed by atoms with Crippen molar-refractivity contribution >= 4 is 11.6 Å². The summed E-state index contributed by atoms with van der Waals surface area (Å²) in [4.78, 5) is 26.7. The molecule has 0 radical (unpaired) electrons. The number of hydrogen-bond acceptors (Lipinski definition) is 2. The lowest BCUT2D eigenvalue weighted by atomic mass is 9.80. The van der Waals surface area contributed by atoms with Crippen molar-refractivity contribution in [1.82, 2.24) is 0 Å². The lowest BCUT2D eigenvalue weighted by Gasteiger charge is -2.19. The fourth-order valence-corrected chi connectivity index (χ4v) is 3.83. The largest absolute Gasteiger partial charge is 0.289 e. The van der Waals surface area contributed by atoms with Gasteiger partial charge in [0.2, 0.25) is 0 Å². The highest BCUT2D eigenvalue weighted by molar-refractivity contribution is 6.29. The van der Waals surface area contributed by atoms with E-state index in [1.165, 1.54) is 0 Å². The van der Waals surface area contributed by atoms with Gasteiger partial charge in [0.1, 0.15) is 0 Å². The molecule has 0 N–H and O–H groups in total. The summed E-state index contributed by atoms with van der Waals surface area (Å²) in [5.74, 6) is 12.2. The zero-order chi connectivity index (χ0) is 20.5. The van der Waals surface area contributed by atoms with Crippen LogP contribution in [0.5, 0.6) is 0 Å². The van der Waals surface area contributed by atoms with Crippen molar-refractivity contribution in [2.75, 3.05) is 0 Å². The van der Waals surface area contributed by atoms with Gasteiger partial charge in [0.05, 0.1) is 11.8 Å². The van der Waals surface area contributed by atoms with Crippen LogP contribution in [0.2, 0.25) is 0 Å². The van der Waals surface area contributed by atoms with E-state index in [4.69, 9.17) is 0 Å². The third-order valence-corrected chi connectivity index (χ3v) is 5.32. The predicted molar refractivity (Wildman–Crippen MR) is 117 cm³/mol. The Labute approximate surface area is 175 Å². The van der Waals surface area contributed by atoms with Crippen LogP contribution in [0.25, 0.3) is 0 Å². The molecule has 3 aliphatic rings. The molecule has 0 aromatic heterocycles. The van der Waals surface area contributed by atoms with Crippen LogP contribution in [0.1, 0.15) is 43.0 Å². The Morgan fingerprint density at radius 2 is 0.967 bits per heavy atom. The molecule has 30 heavy (non-hydrogen) atoms.